The summed E-state index contributed by atoms with van der Waals surface area (Å²) in [5, 5.41) is 2.51. The van der Waals surface area contributed by atoms with Crippen molar-refractivity contribution >= 4 is 29.5 Å². The lowest BCUT2D eigenvalue weighted by Gasteiger charge is -2.49. The molecule has 38 heavy (non-hydrogen) atoms. The van der Waals surface area contributed by atoms with Crippen LogP contribution in [0.4, 0.5) is 0 Å². The SMILES string of the molecule is COc1ccc(COC(=O)C2=C(Cc3ccccc3)CS[C@@H]3[C@H](NC(=O)Cc4ccccc4)C(=O)N23)cc1. The number of nitrogens with zero attached hydrogens (tertiary/aromatic N) is 1. The number of carbonyl (C=O) groups excluding carboxylic acids is 3. The van der Waals surface area contributed by atoms with Crippen molar-refractivity contribution in [1.29, 1.82) is 0 Å². The minimum Gasteiger partial charge on any atom is -0.497 e. The van der Waals surface area contributed by atoms with Gasteiger partial charge in [-0.25, -0.2) is 4.79 Å². The molecule has 2 aliphatic rings. The first-order valence-corrected chi connectivity index (χ1v) is 13.4. The zero-order valence-corrected chi connectivity index (χ0v) is 21.8. The second-order valence-corrected chi connectivity index (χ2v) is 10.3. The summed E-state index contributed by atoms with van der Waals surface area (Å²) in [5.74, 6) is 0.204. The van der Waals surface area contributed by atoms with Gasteiger partial charge in [-0.1, -0.05) is 72.8 Å². The Labute approximate surface area is 225 Å². The van der Waals surface area contributed by atoms with Crippen LogP contribution in [-0.4, -0.2) is 47.0 Å². The summed E-state index contributed by atoms with van der Waals surface area (Å²) in [7, 11) is 1.59. The summed E-state index contributed by atoms with van der Waals surface area (Å²) < 4.78 is 10.9. The smallest absolute Gasteiger partial charge is 0.355 e. The molecule has 0 bridgehead atoms. The Morgan fingerprint density at radius 1 is 0.921 bits per heavy atom. The lowest BCUT2D eigenvalue weighted by atomic mass is 9.98. The molecule has 2 heterocycles. The maximum Gasteiger partial charge on any atom is 0.355 e. The molecule has 3 aromatic rings. The van der Waals surface area contributed by atoms with Crippen LogP contribution in [0, 0.1) is 0 Å². The van der Waals surface area contributed by atoms with Crippen molar-refractivity contribution in [1.82, 2.24) is 10.2 Å². The first-order chi connectivity index (χ1) is 18.5. The third-order valence-corrected chi connectivity index (χ3v) is 7.89. The summed E-state index contributed by atoms with van der Waals surface area (Å²) in [6.07, 6.45) is 0.718. The van der Waals surface area contributed by atoms with Crippen LogP contribution in [0.15, 0.2) is 96.2 Å². The quantitative estimate of drug-likeness (QED) is 0.335. The van der Waals surface area contributed by atoms with Crippen LogP contribution in [0.2, 0.25) is 0 Å². The van der Waals surface area contributed by atoms with Crippen molar-refractivity contribution < 1.29 is 23.9 Å². The predicted octanol–water partition coefficient (Wildman–Crippen LogP) is 3.88. The van der Waals surface area contributed by atoms with Gasteiger partial charge in [0.15, 0.2) is 0 Å². The highest BCUT2D eigenvalue weighted by atomic mass is 32.2. The highest BCUT2D eigenvalue weighted by molar-refractivity contribution is 8.00. The number of β-lactam (4-membered cyclic amide) rings is 1. The van der Waals surface area contributed by atoms with Crippen molar-refractivity contribution in [3.8, 4) is 5.75 Å². The molecule has 0 spiro atoms. The number of fused-ring (bicyclic) bond motifs is 1. The van der Waals surface area contributed by atoms with E-state index in [1.807, 2.05) is 72.8 Å². The molecule has 2 amide bonds. The van der Waals surface area contributed by atoms with Gasteiger partial charge < -0.3 is 14.8 Å². The van der Waals surface area contributed by atoms with Crippen molar-refractivity contribution in [2.24, 2.45) is 0 Å². The van der Waals surface area contributed by atoms with Crippen LogP contribution in [0.5, 0.6) is 5.75 Å². The van der Waals surface area contributed by atoms with E-state index < -0.39 is 12.0 Å². The van der Waals surface area contributed by atoms with E-state index in [4.69, 9.17) is 9.47 Å². The number of hydrogen-bond donors (Lipinski definition) is 1. The van der Waals surface area contributed by atoms with Gasteiger partial charge in [-0.05, 0) is 40.8 Å². The molecule has 8 heteroatoms. The van der Waals surface area contributed by atoms with E-state index in [9.17, 15) is 14.4 Å². The normalized spacial score (nSPS) is 18.3. The predicted molar refractivity (Wildman–Crippen MR) is 145 cm³/mol. The summed E-state index contributed by atoms with van der Waals surface area (Å²) in [5.41, 5.74) is 3.84. The molecule has 0 aromatic heterocycles. The van der Waals surface area contributed by atoms with Gasteiger partial charge in [0, 0.05) is 5.75 Å². The molecule has 2 atom stereocenters. The summed E-state index contributed by atoms with van der Waals surface area (Å²) in [6.45, 7) is 0.0715. The molecule has 194 valence electrons. The molecule has 3 aromatic carbocycles. The Morgan fingerprint density at radius 3 is 2.24 bits per heavy atom. The molecule has 1 saturated heterocycles. The molecule has 1 fully saturated rings. The zero-order valence-electron chi connectivity index (χ0n) is 21.0. The zero-order chi connectivity index (χ0) is 26.5. The standard InChI is InChI=1S/C30H28N2O5S/c1-36-24-14-12-22(13-15-24)18-37-30(35)27-23(16-20-8-4-2-5-9-20)19-38-29-26(28(34)32(27)29)31-25(33)17-21-10-6-3-7-11-21/h2-15,26,29H,16-19H2,1H3,(H,31,33)/t26-,29-/m1/s1. The third-order valence-electron chi connectivity index (χ3n) is 6.55. The van der Waals surface area contributed by atoms with E-state index in [2.05, 4.69) is 5.32 Å². The minimum atomic E-state index is -0.682. The van der Waals surface area contributed by atoms with Crippen LogP contribution in [0.25, 0.3) is 0 Å². The molecule has 1 N–H and O–H groups in total. The molecular weight excluding hydrogens is 500 g/mol. The van der Waals surface area contributed by atoms with E-state index in [0.717, 1.165) is 22.3 Å². The van der Waals surface area contributed by atoms with Crippen LogP contribution in [-0.2, 0) is 38.6 Å². The van der Waals surface area contributed by atoms with Gasteiger partial charge >= 0.3 is 5.97 Å². The number of hydrogen-bond acceptors (Lipinski definition) is 6. The molecule has 2 aliphatic heterocycles. The van der Waals surface area contributed by atoms with Crippen LogP contribution in [0.1, 0.15) is 16.7 Å². The number of ether oxygens (including phenoxy) is 2. The maximum atomic E-state index is 13.4. The summed E-state index contributed by atoms with van der Waals surface area (Å²) in [4.78, 5) is 40.8. The van der Waals surface area contributed by atoms with Crippen molar-refractivity contribution in [2.45, 2.75) is 30.9 Å². The molecule has 0 unspecified atom stereocenters. The minimum absolute atomic E-state index is 0.0715. The topological polar surface area (TPSA) is 84.9 Å². The lowest BCUT2D eigenvalue weighted by molar-refractivity contribution is -0.153. The Balaban J connectivity index is 1.32. The van der Waals surface area contributed by atoms with E-state index in [1.54, 1.807) is 31.0 Å². The lowest BCUT2D eigenvalue weighted by Crippen LogP contribution is -2.70. The van der Waals surface area contributed by atoms with E-state index in [-0.39, 0.29) is 35.9 Å². The molecule has 5 rings (SSSR count). The van der Waals surface area contributed by atoms with Gasteiger partial charge in [0.1, 0.15) is 29.5 Å². The third kappa shape index (κ3) is 5.60. The van der Waals surface area contributed by atoms with Gasteiger partial charge in [0.25, 0.3) is 5.91 Å². The maximum absolute atomic E-state index is 13.4. The summed E-state index contributed by atoms with van der Waals surface area (Å²) >= 11 is 1.55. The van der Waals surface area contributed by atoms with Gasteiger partial charge in [-0.15, -0.1) is 11.8 Å². The van der Waals surface area contributed by atoms with Gasteiger partial charge in [0.2, 0.25) is 5.91 Å². The second-order valence-electron chi connectivity index (χ2n) is 9.16. The Kier molecular flexibility index (Phi) is 7.79. The van der Waals surface area contributed by atoms with Crippen LogP contribution in [0.3, 0.4) is 0 Å². The van der Waals surface area contributed by atoms with Crippen molar-refractivity contribution in [3.05, 3.63) is 113 Å². The fourth-order valence-electron chi connectivity index (χ4n) is 4.59. The monoisotopic (exact) mass is 528 g/mol. The average Bonchev–Trinajstić information content (AvgIpc) is 2.95. The summed E-state index contributed by atoms with van der Waals surface area (Å²) in [6, 6.07) is 25.8. The van der Waals surface area contributed by atoms with Crippen molar-refractivity contribution in [2.75, 3.05) is 12.9 Å². The van der Waals surface area contributed by atoms with Gasteiger partial charge in [-0.3, -0.25) is 14.5 Å². The Morgan fingerprint density at radius 2 is 1.58 bits per heavy atom. The number of nitrogens with one attached hydrogen (secondary N) is 1. The molecule has 0 aliphatic carbocycles. The van der Waals surface area contributed by atoms with Crippen LogP contribution < -0.4 is 10.1 Å². The van der Waals surface area contributed by atoms with E-state index >= 15 is 0 Å². The van der Waals surface area contributed by atoms with Gasteiger partial charge in [-0.2, -0.15) is 0 Å². The van der Waals surface area contributed by atoms with Gasteiger partial charge in [0.05, 0.1) is 13.5 Å². The number of esters is 1. The fraction of sp³-hybridized carbons (Fsp3) is 0.233. The fourth-order valence-corrected chi connectivity index (χ4v) is 5.94. The molecular formula is C30H28N2O5S. The van der Waals surface area contributed by atoms with Crippen LogP contribution >= 0.6 is 11.8 Å². The highest BCUT2D eigenvalue weighted by Gasteiger charge is 2.54. The largest absolute Gasteiger partial charge is 0.497 e. The second kappa shape index (κ2) is 11.6. The number of rotatable bonds is 9. The molecule has 0 radical (unpaired) electrons. The number of amides is 2. The first-order valence-electron chi connectivity index (χ1n) is 12.4. The average molecular weight is 529 g/mol. The number of carbonyl (C=O) groups is 3. The molecule has 0 saturated carbocycles. The number of thioether (sulfide) groups is 1. The Bertz CT molecular complexity index is 1340. The van der Waals surface area contributed by atoms with Crippen molar-refractivity contribution in [3.63, 3.8) is 0 Å². The highest BCUT2D eigenvalue weighted by Crippen LogP contribution is 2.41. The number of benzene rings is 3. The van der Waals surface area contributed by atoms with E-state index in [0.29, 0.717) is 17.9 Å². The Hall–Kier alpha value is -4.04. The molecule has 7 nitrogen and oxygen atoms in total. The number of methoxy groups -OCH3 is 1. The first kappa shape index (κ1) is 25.6. The van der Waals surface area contributed by atoms with E-state index in [1.165, 1.54) is 4.90 Å².